The van der Waals surface area contributed by atoms with Crippen LogP contribution in [0.5, 0.6) is 0 Å². The normalized spacial score (nSPS) is 12.3. The summed E-state index contributed by atoms with van der Waals surface area (Å²) in [6, 6.07) is 0. The molecule has 0 aliphatic heterocycles. The van der Waals surface area contributed by atoms with Crippen LogP contribution in [-0.2, 0) is 28.6 Å². The first-order chi connectivity index (χ1) is 28.5. The van der Waals surface area contributed by atoms with Crippen LogP contribution in [0.25, 0.3) is 0 Å². The number of carbonyl (C=O) groups is 3. The molecule has 0 bridgehead atoms. The van der Waals surface area contributed by atoms with E-state index in [-0.39, 0.29) is 31.1 Å². The number of ether oxygens (including phenoxy) is 3. The lowest BCUT2D eigenvalue weighted by Crippen LogP contribution is -2.30. The van der Waals surface area contributed by atoms with Gasteiger partial charge < -0.3 is 14.2 Å². The summed E-state index contributed by atoms with van der Waals surface area (Å²) in [5.74, 6) is -0.889. The van der Waals surface area contributed by atoms with E-state index in [1.54, 1.807) is 0 Å². The summed E-state index contributed by atoms with van der Waals surface area (Å²) in [6.07, 6.45) is 54.1. The van der Waals surface area contributed by atoms with Gasteiger partial charge in [-0.05, 0) is 77.0 Å². The third kappa shape index (κ3) is 44.7. The van der Waals surface area contributed by atoms with Crippen LogP contribution in [0.3, 0.4) is 0 Å². The van der Waals surface area contributed by atoms with Crippen molar-refractivity contribution >= 4 is 17.9 Å². The molecule has 0 fully saturated rings. The largest absolute Gasteiger partial charge is 0.462 e. The van der Waals surface area contributed by atoms with Crippen LogP contribution in [-0.4, -0.2) is 37.2 Å². The van der Waals surface area contributed by atoms with Crippen LogP contribution in [0, 0.1) is 0 Å². The number of hydrogen-bond donors (Lipinski definition) is 0. The molecule has 0 aliphatic rings. The Morgan fingerprint density at radius 3 is 0.983 bits per heavy atom. The van der Waals surface area contributed by atoms with Crippen molar-refractivity contribution in [1.29, 1.82) is 0 Å². The Bertz CT molecular complexity index is 984. The summed E-state index contributed by atoms with van der Waals surface area (Å²) in [7, 11) is 0. The molecule has 0 saturated heterocycles. The van der Waals surface area contributed by atoms with E-state index in [2.05, 4.69) is 57.2 Å². The predicted octanol–water partition coefficient (Wildman–Crippen LogP) is 16.1. The molecule has 0 radical (unpaired) electrons. The van der Waals surface area contributed by atoms with Crippen molar-refractivity contribution in [2.75, 3.05) is 13.2 Å². The zero-order valence-electron chi connectivity index (χ0n) is 38.6. The molecule has 338 valence electrons. The molecule has 6 nitrogen and oxygen atoms in total. The van der Waals surface area contributed by atoms with Gasteiger partial charge in [-0.3, -0.25) is 14.4 Å². The lowest BCUT2D eigenvalue weighted by molar-refractivity contribution is -0.167. The van der Waals surface area contributed by atoms with Crippen molar-refractivity contribution < 1.29 is 28.6 Å². The summed E-state index contributed by atoms with van der Waals surface area (Å²) in [5.41, 5.74) is 0. The molecular formula is C52H94O6. The molecule has 0 amide bonds. The molecule has 0 aromatic rings. The monoisotopic (exact) mass is 815 g/mol. The topological polar surface area (TPSA) is 78.9 Å². The van der Waals surface area contributed by atoms with Crippen molar-refractivity contribution in [3.8, 4) is 0 Å². The van der Waals surface area contributed by atoms with E-state index >= 15 is 0 Å². The van der Waals surface area contributed by atoms with E-state index in [1.165, 1.54) is 135 Å². The second-order valence-electron chi connectivity index (χ2n) is 16.7. The molecule has 1 unspecified atom stereocenters. The van der Waals surface area contributed by atoms with Gasteiger partial charge in [-0.15, -0.1) is 0 Å². The lowest BCUT2D eigenvalue weighted by Gasteiger charge is -2.18. The van der Waals surface area contributed by atoms with Gasteiger partial charge in [0.1, 0.15) is 13.2 Å². The molecule has 0 spiro atoms. The Kier molecular flexibility index (Phi) is 45.4. The van der Waals surface area contributed by atoms with E-state index in [9.17, 15) is 14.4 Å². The Labute approximate surface area is 359 Å². The maximum absolute atomic E-state index is 12.7. The van der Waals surface area contributed by atoms with Gasteiger partial charge in [0.15, 0.2) is 6.10 Å². The second-order valence-corrected chi connectivity index (χ2v) is 16.7. The highest BCUT2D eigenvalue weighted by molar-refractivity contribution is 5.71. The van der Waals surface area contributed by atoms with Gasteiger partial charge in [-0.25, -0.2) is 0 Å². The summed E-state index contributed by atoms with van der Waals surface area (Å²) in [6.45, 7) is 6.58. The second kappa shape index (κ2) is 47.3. The number of hydrogen-bond acceptors (Lipinski definition) is 6. The quantitative estimate of drug-likeness (QED) is 0.0264. The molecule has 58 heavy (non-hydrogen) atoms. The van der Waals surface area contributed by atoms with E-state index in [0.29, 0.717) is 19.3 Å². The minimum absolute atomic E-state index is 0.0760. The van der Waals surface area contributed by atoms with Gasteiger partial charge in [0.05, 0.1) is 0 Å². The first-order valence-electron chi connectivity index (χ1n) is 25.0. The van der Waals surface area contributed by atoms with Crippen LogP contribution >= 0.6 is 0 Å². The molecule has 6 heteroatoms. The Morgan fingerprint density at radius 2 is 0.621 bits per heavy atom. The van der Waals surface area contributed by atoms with E-state index < -0.39 is 6.10 Å². The van der Waals surface area contributed by atoms with Gasteiger partial charge in [0.25, 0.3) is 0 Å². The van der Waals surface area contributed by atoms with Gasteiger partial charge in [0.2, 0.25) is 0 Å². The van der Waals surface area contributed by atoms with Gasteiger partial charge in [-0.1, -0.05) is 198 Å². The van der Waals surface area contributed by atoms with Crippen molar-refractivity contribution in [2.24, 2.45) is 0 Å². The summed E-state index contributed by atoms with van der Waals surface area (Å²) in [5, 5.41) is 0. The summed E-state index contributed by atoms with van der Waals surface area (Å²) >= 11 is 0. The fraction of sp³-hybridized carbons (Fsp3) is 0.827. The predicted molar refractivity (Wildman–Crippen MR) is 247 cm³/mol. The van der Waals surface area contributed by atoms with E-state index in [0.717, 1.165) is 83.5 Å². The highest BCUT2D eigenvalue weighted by atomic mass is 16.6. The van der Waals surface area contributed by atoms with Crippen molar-refractivity contribution in [3.05, 3.63) is 36.5 Å². The van der Waals surface area contributed by atoms with Crippen LogP contribution in [0.2, 0.25) is 0 Å². The standard InChI is InChI=1S/C52H94O6/c1-4-7-10-13-16-19-21-23-24-25-26-27-29-30-33-36-39-42-45-51(54)57-48-49(47-56-50(53)44-41-38-35-32-18-15-12-9-6-3)58-52(55)46-43-40-37-34-31-28-22-20-17-14-11-8-5-2/h19-22,24-25,49H,4-18,23,26-48H2,1-3H3/b21-19-,22-20-,25-24-. The van der Waals surface area contributed by atoms with Crippen LogP contribution in [0.1, 0.15) is 258 Å². The summed E-state index contributed by atoms with van der Waals surface area (Å²) in [4.78, 5) is 37.8. The molecule has 0 aromatic carbocycles. The Morgan fingerprint density at radius 1 is 0.345 bits per heavy atom. The minimum atomic E-state index is -0.774. The third-order valence-electron chi connectivity index (χ3n) is 10.9. The van der Waals surface area contributed by atoms with E-state index in [4.69, 9.17) is 14.2 Å². The first kappa shape index (κ1) is 55.6. The van der Waals surface area contributed by atoms with Crippen LogP contribution < -0.4 is 0 Å². The zero-order valence-corrected chi connectivity index (χ0v) is 38.6. The Hall–Kier alpha value is -2.37. The number of unbranched alkanes of at least 4 members (excludes halogenated alkanes) is 28. The first-order valence-corrected chi connectivity index (χ1v) is 25.0. The third-order valence-corrected chi connectivity index (χ3v) is 10.9. The van der Waals surface area contributed by atoms with Crippen LogP contribution in [0.4, 0.5) is 0 Å². The number of allylic oxidation sites excluding steroid dienone is 6. The highest BCUT2D eigenvalue weighted by Gasteiger charge is 2.19. The van der Waals surface area contributed by atoms with Gasteiger partial charge >= 0.3 is 17.9 Å². The number of rotatable bonds is 45. The molecule has 0 N–H and O–H groups in total. The SMILES string of the molecule is CCCCCC/C=C\C/C=C\CCCCCCCCCC(=O)OCC(COC(=O)CCCCCCCCCCC)OC(=O)CCCCCCC/C=C\CCCCCC. The van der Waals surface area contributed by atoms with Crippen LogP contribution in [0.15, 0.2) is 36.5 Å². The molecule has 0 aliphatic carbocycles. The molecule has 0 saturated carbocycles. The van der Waals surface area contributed by atoms with Gasteiger partial charge in [0, 0.05) is 19.3 Å². The number of carbonyl (C=O) groups excluding carboxylic acids is 3. The minimum Gasteiger partial charge on any atom is -0.462 e. The molecule has 1 atom stereocenters. The average molecular weight is 815 g/mol. The van der Waals surface area contributed by atoms with Crippen molar-refractivity contribution in [2.45, 2.75) is 264 Å². The molecule has 0 heterocycles. The maximum atomic E-state index is 12.7. The maximum Gasteiger partial charge on any atom is 0.306 e. The fourth-order valence-corrected chi connectivity index (χ4v) is 7.05. The van der Waals surface area contributed by atoms with Crippen molar-refractivity contribution in [1.82, 2.24) is 0 Å². The Balaban J connectivity index is 4.32. The molecule has 0 aromatic heterocycles. The zero-order chi connectivity index (χ0) is 42.3. The smallest absolute Gasteiger partial charge is 0.306 e. The summed E-state index contributed by atoms with van der Waals surface area (Å²) < 4.78 is 16.7. The van der Waals surface area contributed by atoms with Crippen molar-refractivity contribution in [3.63, 3.8) is 0 Å². The van der Waals surface area contributed by atoms with Gasteiger partial charge in [-0.2, -0.15) is 0 Å². The highest BCUT2D eigenvalue weighted by Crippen LogP contribution is 2.14. The lowest BCUT2D eigenvalue weighted by atomic mass is 10.1. The van der Waals surface area contributed by atoms with E-state index in [1.807, 2.05) is 0 Å². The fourth-order valence-electron chi connectivity index (χ4n) is 7.05. The molecule has 0 rings (SSSR count). The molecular weight excluding hydrogens is 721 g/mol. The average Bonchev–Trinajstić information content (AvgIpc) is 3.22. The number of esters is 3.